The Morgan fingerprint density at radius 1 is 1.28 bits per heavy atom. The van der Waals surface area contributed by atoms with Gasteiger partial charge in [0.2, 0.25) is 0 Å². The van der Waals surface area contributed by atoms with Crippen LogP contribution in [0.4, 0.5) is 11.5 Å². The minimum Gasteiger partial charge on any atom is -0.352 e. The number of hydrogen-bond donors (Lipinski definition) is 1. The number of nitrogens with zero attached hydrogens (tertiary/aromatic N) is 4. The van der Waals surface area contributed by atoms with E-state index in [4.69, 9.17) is 5.26 Å². The predicted molar refractivity (Wildman–Crippen MR) is 96.4 cm³/mol. The molecule has 1 aliphatic heterocycles. The third-order valence-corrected chi connectivity index (χ3v) is 4.54. The highest BCUT2D eigenvalue weighted by Gasteiger charge is 2.22. The number of carbonyl (C=O) groups excluding carboxylic acids is 1. The van der Waals surface area contributed by atoms with Crippen LogP contribution in [0.15, 0.2) is 36.7 Å². The lowest BCUT2D eigenvalue weighted by Crippen LogP contribution is -2.39. The van der Waals surface area contributed by atoms with E-state index in [2.05, 4.69) is 27.1 Å². The summed E-state index contributed by atoms with van der Waals surface area (Å²) in [5, 5.41) is 11.6. The predicted octanol–water partition coefficient (Wildman–Crippen LogP) is 3.37. The maximum atomic E-state index is 12.3. The van der Waals surface area contributed by atoms with Crippen molar-refractivity contribution in [3.63, 3.8) is 0 Å². The van der Waals surface area contributed by atoms with E-state index in [9.17, 15) is 4.79 Å². The van der Waals surface area contributed by atoms with E-state index in [1.54, 1.807) is 30.5 Å². The Hall–Kier alpha value is -2.94. The number of carbonyl (C=O) groups is 1. The zero-order valence-electron chi connectivity index (χ0n) is 14.3. The lowest BCUT2D eigenvalue weighted by molar-refractivity contribution is 0.102. The molecule has 6 nitrogen and oxygen atoms in total. The first kappa shape index (κ1) is 16.9. The van der Waals surface area contributed by atoms with E-state index in [1.807, 2.05) is 6.07 Å². The van der Waals surface area contributed by atoms with Crippen molar-refractivity contribution in [1.29, 1.82) is 5.26 Å². The van der Waals surface area contributed by atoms with Gasteiger partial charge in [-0.2, -0.15) is 5.26 Å². The van der Waals surface area contributed by atoms with Gasteiger partial charge < -0.3 is 10.2 Å². The first-order valence-electron chi connectivity index (χ1n) is 8.61. The second kappa shape index (κ2) is 7.75. The van der Waals surface area contributed by atoms with Gasteiger partial charge in [0.1, 0.15) is 11.5 Å². The van der Waals surface area contributed by atoms with Gasteiger partial charge in [0.25, 0.3) is 5.91 Å². The van der Waals surface area contributed by atoms with Crippen molar-refractivity contribution in [2.75, 3.05) is 16.8 Å². The van der Waals surface area contributed by atoms with Crippen LogP contribution in [0.25, 0.3) is 0 Å². The molecule has 1 amide bonds. The Bertz CT molecular complexity index is 764. The molecule has 0 spiro atoms. The summed E-state index contributed by atoms with van der Waals surface area (Å²) in [5.74, 6) is 0.524. The third-order valence-electron chi connectivity index (χ3n) is 4.54. The summed E-state index contributed by atoms with van der Waals surface area (Å²) in [6.07, 6.45) is 7.89. The van der Waals surface area contributed by atoms with Crippen LogP contribution in [0.2, 0.25) is 0 Å². The zero-order valence-corrected chi connectivity index (χ0v) is 14.3. The average molecular weight is 335 g/mol. The van der Waals surface area contributed by atoms with E-state index in [1.165, 1.54) is 25.5 Å². The molecule has 25 heavy (non-hydrogen) atoms. The maximum Gasteiger partial charge on any atom is 0.275 e. The fourth-order valence-electron chi connectivity index (χ4n) is 3.14. The Morgan fingerprint density at radius 2 is 2.08 bits per heavy atom. The van der Waals surface area contributed by atoms with Crippen LogP contribution in [-0.4, -0.2) is 28.5 Å². The summed E-state index contributed by atoms with van der Waals surface area (Å²) in [5.41, 5.74) is 1.45. The van der Waals surface area contributed by atoms with Gasteiger partial charge >= 0.3 is 0 Å². The van der Waals surface area contributed by atoms with Gasteiger partial charge in [-0.3, -0.25) is 4.79 Å². The van der Waals surface area contributed by atoms with Crippen molar-refractivity contribution >= 4 is 17.4 Å². The molecule has 1 saturated heterocycles. The van der Waals surface area contributed by atoms with Crippen LogP contribution < -0.4 is 10.2 Å². The molecular weight excluding hydrogens is 314 g/mol. The van der Waals surface area contributed by atoms with Crippen LogP contribution in [-0.2, 0) is 0 Å². The van der Waals surface area contributed by atoms with E-state index in [0.29, 0.717) is 17.3 Å². The topological polar surface area (TPSA) is 81.9 Å². The monoisotopic (exact) mass is 335 g/mol. The summed E-state index contributed by atoms with van der Waals surface area (Å²) in [7, 11) is 0. The van der Waals surface area contributed by atoms with Crippen molar-refractivity contribution in [2.24, 2.45) is 0 Å². The Morgan fingerprint density at radius 3 is 2.72 bits per heavy atom. The van der Waals surface area contributed by atoms with Crippen LogP contribution in [0.3, 0.4) is 0 Å². The average Bonchev–Trinajstić information content (AvgIpc) is 2.68. The van der Waals surface area contributed by atoms with Gasteiger partial charge in [0.05, 0.1) is 24.0 Å². The van der Waals surface area contributed by atoms with Crippen LogP contribution in [0.1, 0.15) is 48.7 Å². The molecule has 1 aliphatic rings. The lowest BCUT2D eigenvalue weighted by atomic mass is 10.0. The fourth-order valence-corrected chi connectivity index (χ4v) is 3.14. The number of aromatic nitrogens is 2. The van der Waals surface area contributed by atoms with Crippen molar-refractivity contribution in [1.82, 2.24) is 9.97 Å². The molecule has 3 rings (SSSR count). The van der Waals surface area contributed by atoms with Crippen molar-refractivity contribution in [3.05, 3.63) is 47.9 Å². The number of benzene rings is 1. The lowest BCUT2D eigenvalue weighted by Gasteiger charge is -2.35. The van der Waals surface area contributed by atoms with Gasteiger partial charge in [-0.1, -0.05) is 6.92 Å². The number of piperidine rings is 1. The van der Waals surface area contributed by atoms with Crippen molar-refractivity contribution < 1.29 is 4.79 Å². The summed E-state index contributed by atoms with van der Waals surface area (Å²) in [4.78, 5) is 23.3. The molecule has 1 N–H and O–H groups in total. The third kappa shape index (κ3) is 3.94. The number of nitriles is 1. The standard InChI is InChI=1S/C19H21N5O/c1-2-16-5-3-4-10-24(16)18-13-21-17(12-22-18)19(25)23-15-8-6-14(11-20)7-9-15/h6-9,12-13,16H,2-5,10H2,1H3,(H,23,25). The van der Waals surface area contributed by atoms with E-state index < -0.39 is 0 Å². The second-order valence-electron chi connectivity index (χ2n) is 6.15. The highest BCUT2D eigenvalue weighted by molar-refractivity contribution is 6.02. The largest absolute Gasteiger partial charge is 0.352 e. The summed E-state index contributed by atoms with van der Waals surface area (Å²) in [6.45, 7) is 3.18. The quantitative estimate of drug-likeness (QED) is 0.926. The molecule has 0 aliphatic carbocycles. The smallest absolute Gasteiger partial charge is 0.275 e. The molecule has 1 atom stereocenters. The van der Waals surface area contributed by atoms with Gasteiger partial charge in [-0.05, 0) is 49.9 Å². The molecule has 2 heterocycles. The molecule has 2 aromatic rings. The number of anilines is 2. The van der Waals surface area contributed by atoms with E-state index in [-0.39, 0.29) is 11.6 Å². The molecule has 0 saturated carbocycles. The van der Waals surface area contributed by atoms with Crippen molar-refractivity contribution in [2.45, 2.75) is 38.6 Å². The van der Waals surface area contributed by atoms with Gasteiger partial charge in [-0.25, -0.2) is 9.97 Å². The van der Waals surface area contributed by atoms with E-state index >= 15 is 0 Å². The number of hydrogen-bond acceptors (Lipinski definition) is 5. The molecule has 1 aromatic carbocycles. The zero-order chi connectivity index (χ0) is 17.6. The van der Waals surface area contributed by atoms with Gasteiger partial charge in [-0.15, -0.1) is 0 Å². The molecule has 6 heteroatoms. The summed E-state index contributed by atoms with van der Waals surface area (Å²) < 4.78 is 0. The Kier molecular flexibility index (Phi) is 5.24. The fraction of sp³-hybridized carbons (Fsp3) is 0.368. The van der Waals surface area contributed by atoms with E-state index in [0.717, 1.165) is 18.8 Å². The number of rotatable bonds is 4. The molecule has 1 unspecified atom stereocenters. The summed E-state index contributed by atoms with van der Waals surface area (Å²) in [6, 6.07) is 9.25. The first-order chi connectivity index (χ1) is 12.2. The second-order valence-corrected chi connectivity index (χ2v) is 6.15. The maximum absolute atomic E-state index is 12.3. The molecule has 0 radical (unpaired) electrons. The minimum atomic E-state index is -0.311. The van der Waals surface area contributed by atoms with Crippen molar-refractivity contribution in [3.8, 4) is 6.07 Å². The molecule has 0 bridgehead atoms. The van der Waals surface area contributed by atoms with Crippen LogP contribution in [0, 0.1) is 11.3 Å². The summed E-state index contributed by atoms with van der Waals surface area (Å²) >= 11 is 0. The molecule has 128 valence electrons. The normalized spacial score (nSPS) is 17.0. The number of amides is 1. The highest BCUT2D eigenvalue weighted by Crippen LogP contribution is 2.24. The minimum absolute atomic E-state index is 0.276. The SMILES string of the molecule is CCC1CCCCN1c1cnc(C(=O)Nc2ccc(C#N)cc2)cn1. The molecule has 1 fully saturated rings. The molecule has 1 aromatic heterocycles. The van der Waals surface area contributed by atoms with Crippen LogP contribution >= 0.6 is 0 Å². The van der Waals surface area contributed by atoms with Gasteiger partial charge in [0.15, 0.2) is 0 Å². The Labute approximate surface area is 147 Å². The number of nitrogens with one attached hydrogen (secondary N) is 1. The van der Waals surface area contributed by atoms with Gasteiger partial charge in [0, 0.05) is 18.3 Å². The first-order valence-corrected chi connectivity index (χ1v) is 8.61. The Balaban J connectivity index is 1.68. The molecular formula is C19H21N5O. The highest BCUT2D eigenvalue weighted by atomic mass is 16.1. The van der Waals surface area contributed by atoms with Crippen LogP contribution in [0.5, 0.6) is 0 Å².